The van der Waals surface area contributed by atoms with Gasteiger partial charge in [0.05, 0.1) is 5.56 Å². The topological polar surface area (TPSA) is 70.2 Å². The number of nitrogens with one attached hydrogen (secondary N) is 3. The van der Waals surface area contributed by atoms with E-state index in [4.69, 9.17) is 0 Å². The summed E-state index contributed by atoms with van der Waals surface area (Å²) in [5, 5.41) is 8.89. The van der Waals surface area contributed by atoms with E-state index in [0.29, 0.717) is 24.3 Å². The molecule has 2 aromatic carbocycles. The molecule has 0 aromatic heterocycles. The van der Waals surface area contributed by atoms with Crippen LogP contribution >= 0.6 is 0 Å². The summed E-state index contributed by atoms with van der Waals surface area (Å²) in [4.78, 5) is 24.2. The molecule has 124 valence electrons. The summed E-state index contributed by atoms with van der Waals surface area (Å²) in [5.74, 6) is -0.179. The van der Waals surface area contributed by atoms with Crippen LogP contribution in [0.2, 0.25) is 0 Å². The number of hydrogen-bond donors (Lipinski definition) is 3. The highest BCUT2D eigenvalue weighted by atomic mass is 16.2. The van der Waals surface area contributed by atoms with Gasteiger partial charge in [-0.2, -0.15) is 0 Å². The van der Waals surface area contributed by atoms with E-state index in [9.17, 15) is 9.59 Å². The van der Waals surface area contributed by atoms with E-state index in [1.165, 1.54) is 5.56 Å². The summed E-state index contributed by atoms with van der Waals surface area (Å²) >= 11 is 0. The monoisotopic (exact) mass is 323 g/mol. The van der Waals surface area contributed by atoms with Gasteiger partial charge >= 0.3 is 0 Å². The van der Waals surface area contributed by atoms with Crippen LogP contribution in [0, 0.1) is 6.92 Å². The van der Waals surface area contributed by atoms with E-state index in [2.05, 4.69) is 16.0 Å². The van der Waals surface area contributed by atoms with Crippen molar-refractivity contribution in [2.45, 2.75) is 25.9 Å². The Kier molecular flexibility index (Phi) is 4.79. The van der Waals surface area contributed by atoms with Crippen LogP contribution in [-0.4, -0.2) is 24.4 Å². The molecule has 0 saturated carbocycles. The molecule has 1 atom stereocenters. The number of carbonyl (C=O) groups excluding carboxylic acids is 2. The van der Waals surface area contributed by atoms with Crippen molar-refractivity contribution >= 4 is 17.5 Å². The fourth-order valence-corrected chi connectivity index (χ4v) is 2.71. The van der Waals surface area contributed by atoms with Crippen LogP contribution in [0.3, 0.4) is 0 Å². The minimum atomic E-state index is -0.281. The van der Waals surface area contributed by atoms with Gasteiger partial charge in [-0.05, 0) is 31.0 Å². The third-order valence-electron chi connectivity index (χ3n) is 4.12. The number of para-hydroxylation sites is 1. The molecule has 0 spiro atoms. The smallest absolute Gasteiger partial charge is 0.253 e. The molecule has 5 heteroatoms. The molecule has 2 amide bonds. The van der Waals surface area contributed by atoms with Crippen molar-refractivity contribution in [1.82, 2.24) is 10.6 Å². The lowest BCUT2D eigenvalue weighted by Gasteiger charge is -2.15. The van der Waals surface area contributed by atoms with Crippen molar-refractivity contribution in [1.29, 1.82) is 0 Å². The Morgan fingerprint density at radius 1 is 1.17 bits per heavy atom. The Bertz CT molecular complexity index is 741. The molecule has 1 heterocycles. The quantitative estimate of drug-likeness (QED) is 0.790. The van der Waals surface area contributed by atoms with Crippen LogP contribution in [-0.2, 0) is 11.3 Å². The minimum Gasteiger partial charge on any atom is -0.373 e. The third-order valence-corrected chi connectivity index (χ3v) is 4.12. The van der Waals surface area contributed by atoms with Gasteiger partial charge in [0.1, 0.15) is 6.04 Å². The predicted molar refractivity (Wildman–Crippen MR) is 93.8 cm³/mol. The molecule has 0 aliphatic carbocycles. The van der Waals surface area contributed by atoms with Crippen LogP contribution in [0.4, 0.5) is 5.69 Å². The molecule has 1 fully saturated rings. The molecule has 1 aliphatic rings. The fourth-order valence-electron chi connectivity index (χ4n) is 2.71. The molecule has 24 heavy (non-hydrogen) atoms. The molecule has 3 rings (SSSR count). The van der Waals surface area contributed by atoms with Gasteiger partial charge in [-0.1, -0.05) is 42.0 Å². The van der Waals surface area contributed by atoms with E-state index in [1.54, 1.807) is 6.07 Å². The number of aryl methyl sites for hydroxylation is 1. The highest BCUT2D eigenvalue weighted by molar-refractivity contribution is 6.00. The number of hydrogen-bond acceptors (Lipinski definition) is 3. The van der Waals surface area contributed by atoms with Crippen LogP contribution in [0.5, 0.6) is 0 Å². The number of carbonyl (C=O) groups is 2. The van der Waals surface area contributed by atoms with Crippen molar-refractivity contribution < 1.29 is 9.59 Å². The van der Waals surface area contributed by atoms with Crippen molar-refractivity contribution in [3.63, 3.8) is 0 Å². The SMILES string of the molecule is Cc1ccc(CNC(=O)c2ccccc2NC2CCNC2=O)cc1. The fraction of sp³-hybridized carbons (Fsp3) is 0.263. The van der Waals surface area contributed by atoms with Gasteiger partial charge in [-0.3, -0.25) is 9.59 Å². The van der Waals surface area contributed by atoms with Gasteiger partial charge < -0.3 is 16.0 Å². The van der Waals surface area contributed by atoms with Crippen molar-refractivity contribution in [2.75, 3.05) is 11.9 Å². The molecule has 5 nitrogen and oxygen atoms in total. The third kappa shape index (κ3) is 3.74. The Hall–Kier alpha value is -2.82. The lowest BCUT2D eigenvalue weighted by molar-refractivity contribution is -0.119. The first-order valence-electron chi connectivity index (χ1n) is 8.10. The van der Waals surface area contributed by atoms with Crippen LogP contribution in [0.15, 0.2) is 48.5 Å². The Labute approximate surface area is 141 Å². The first-order chi connectivity index (χ1) is 11.6. The molecule has 0 bridgehead atoms. The van der Waals surface area contributed by atoms with Gasteiger partial charge in [-0.15, -0.1) is 0 Å². The molecule has 2 aromatic rings. The van der Waals surface area contributed by atoms with Crippen molar-refractivity contribution in [3.05, 3.63) is 65.2 Å². The maximum atomic E-state index is 12.5. The van der Waals surface area contributed by atoms with Crippen LogP contribution < -0.4 is 16.0 Å². The summed E-state index contributed by atoms with van der Waals surface area (Å²) in [5.41, 5.74) is 3.47. The molecule has 0 radical (unpaired) electrons. The molecule has 1 saturated heterocycles. The first kappa shape index (κ1) is 16.1. The average molecular weight is 323 g/mol. The summed E-state index contributed by atoms with van der Waals surface area (Å²) in [6, 6.07) is 15.0. The average Bonchev–Trinajstić information content (AvgIpc) is 2.99. The number of benzene rings is 2. The zero-order valence-electron chi connectivity index (χ0n) is 13.6. The Morgan fingerprint density at radius 3 is 2.62 bits per heavy atom. The lowest BCUT2D eigenvalue weighted by Crippen LogP contribution is -2.31. The molecule has 1 unspecified atom stereocenters. The zero-order valence-corrected chi connectivity index (χ0v) is 13.6. The summed E-state index contributed by atoms with van der Waals surface area (Å²) in [6.45, 7) is 3.17. The molecule has 3 N–H and O–H groups in total. The van der Waals surface area contributed by atoms with Gasteiger partial charge in [0.15, 0.2) is 0 Å². The van der Waals surface area contributed by atoms with E-state index in [-0.39, 0.29) is 17.9 Å². The van der Waals surface area contributed by atoms with Crippen LogP contribution in [0.1, 0.15) is 27.9 Å². The van der Waals surface area contributed by atoms with E-state index in [0.717, 1.165) is 12.0 Å². The maximum absolute atomic E-state index is 12.5. The van der Waals surface area contributed by atoms with Crippen LogP contribution in [0.25, 0.3) is 0 Å². The van der Waals surface area contributed by atoms with Crippen molar-refractivity contribution in [2.24, 2.45) is 0 Å². The van der Waals surface area contributed by atoms with Crippen molar-refractivity contribution in [3.8, 4) is 0 Å². The second-order valence-electron chi connectivity index (χ2n) is 5.99. The van der Waals surface area contributed by atoms with E-state index < -0.39 is 0 Å². The number of rotatable bonds is 5. The highest BCUT2D eigenvalue weighted by Crippen LogP contribution is 2.18. The second kappa shape index (κ2) is 7.17. The van der Waals surface area contributed by atoms with Gasteiger partial charge in [0, 0.05) is 18.8 Å². The normalized spacial score (nSPS) is 16.5. The van der Waals surface area contributed by atoms with Gasteiger partial charge in [0.25, 0.3) is 5.91 Å². The highest BCUT2D eigenvalue weighted by Gasteiger charge is 2.25. The molecular formula is C19H21N3O2. The van der Waals surface area contributed by atoms with Gasteiger partial charge in [-0.25, -0.2) is 0 Å². The number of amides is 2. The summed E-state index contributed by atoms with van der Waals surface area (Å²) < 4.78 is 0. The minimum absolute atomic E-state index is 0.0233. The summed E-state index contributed by atoms with van der Waals surface area (Å²) in [7, 11) is 0. The number of anilines is 1. The molecule has 1 aliphatic heterocycles. The lowest BCUT2D eigenvalue weighted by atomic mass is 10.1. The molecular weight excluding hydrogens is 302 g/mol. The zero-order chi connectivity index (χ0) is 16.9. The van der Waals surface area contributed by atoms with Gasteiger partial charge in [0.2, 0.25) is 5.91 Å². The first-order valence-corrected chi connectivity index (χ1v) is 8.10. The summed E-state index contributed by atoms with van der Waals surface area (Å²) in [6.07, 6.45) is 0.720. The Morgan fingerprint density at radius 2 is 1.92 bits per heavy atom. The standard InChI is InChI=1S/C19H21N3O2/c1-13-6-8-14(9-7-13)12-21-18(23)15-4-2-3-5-16(15)22-17-10-11-20-19(17)24/h2-9,17,22H,10-12H2,1H3,(H,20,24)(H,21,23). The predicted octanol–water partition coefficient (Wildman–Crippen LogP) is 2.23. The maximum Gasteiger partial charge on any atom is 0.253 e. The largest absolute Gasteiger partial charge is 0.373 e. The Balaban J connectivity index is 1.68. The van der Waals surface area contributed by atoms with E-state index >= 15 is 0 Å². The second-order valence-corrected chi connectivity index (χ2v) is 5.99. The van der Waals surface area contributed by atoms with E-state index in [1.807, 2.05) is 49.4 Å².